The summed E-state index contributed by atoms with van der Waals surface area (Å²) in [5.41, 5.74) is 5.51. The summed E-state index contributed by atoms with van der Waals surface area (Å²) < 4.78 is 7.18. The van der Waals surface area contributed by atoms with Gasteiger partial charge in [0.1, 0.15) is 5.82 Å². The number of aromatic carboxylic acids is 1. The van der Waals surface area contributed by atoms with Gasteiger partial charge in [0.15, 0.2) is 11.3 Å². The Bertz CT molecular complexity index is 1280. The molecule has 4 aromatic rings. The fourth-order valence-electron chi connectivity index (χ4n) is 4.79. The van der Waals surface area contributed by atoms with Crippen LogP contribution in [0, 0.1) is 0 Å². The number of fused-ring (bicyclic) bond motifs is 2. The molecule has 162 valence electrons. The molecule has 2 aliphatic heterocycles. The van der Waals surface area contributed by atoms with Crippen LogP contribution in [-0.2, 0) is 17.8 Å². The summed E-state index contributed by atoms with van der Waals surface area (Å²) in [7, 11) is 0. The van der Waals surface area contributed by atoms with E-state index in [1.54, 1.807) is 16.9 Å². The predicted octanol–water partition coefficient (Wildman–Crippen LogP) is 3.23. The largest absolute Gasteiger partial charge is 0.476 e. The Hall–Kier alpha value is -3.72. The van der Waals surface area contributed by atoms with E-state index in [0.29, 0.717) is 24.4 Å². The zero-order valence-corrected chi connectivity index (χ0v) is 17.4. The smallest absolute Gasteiger partial charge is 0.356 e. The average molecular weight is 430 g/mol. The molecule has 0 atom stereocenters. The molecule has 0 spiro atoms. The first kappa shape index (κ1) is 19.0. The lowest BCUT2D eigenvalue weighted by atomic mass is 9.91. The van der Waals surface area contributed by atoms with Crippen LogP contribution in [0.25, 0.3) is 16.9 Å². The number of hydrogen-bond donors (Lipinski definition) is 2. The zero-order valence-electron chi connectivity index (χ0n) is 17.4. The molecule has 9 heteroatoms. The van der Waals surface area contributed by atoms with E-state index in [-0.39, 0.29) is 11.6 Å². The summed E-state index contributed by atoms with van der Waals surface area (Å²) in [4.78, 5) is 19.4. The number of carboxylic acids is 1. The van der Waals surface area contributed by atoms with E-state index in [2.05, 4.69) is 44.5 Å². The van der Waals surface area contributed by atoms with E-state index in [1.165, 1.54) is 11.1 Å². The fourth-order valence-corrected chi connectivity index (χ4v) is 4.79. The molecule has 9 nitrogen and oxygen atoms in total. The molecule has 0 aliphatic carbocycles. The molecule has 0 unspecified atom stereocenters. The van der Waals surface area contributed by atoms with Crippen molar-refractivity contribution in [3.63, 3.8) is 0 Å². The van der Waals surface area contributed by atoms with Gasteiger partial charge in [-0.1, -0.05) is 24.3 Å². The number of carbonyl (C=O) groups is 1. The van der Waals surface area contributed by atoms with Crippen LogP contribution in [0.2, 0.25) is 0 Å². The van der Waals surface area contributed by atoms with E-state index >= 15 is 0 Å². The molecule has 5 heterocycles. The topological polar surface area (TPSA) is 109 Å². The van der Waals surface area contributed by atoms with Crippen LogP contribution in [0.5, 0.6) is 0 Å². The number of aromatic amines is 1. The molecule has 6 rings (SSSR count). The van der Waals surface area contributed by atoms with Crippen LogP contribution in [0.3, 0.4) is 0 Å². The average Bonchev–Trinajstić information content (AvgIpc) is 3.56. The van der Waals surface area contributed by atoms with Crippen molar-refractivity contribution in [2.24, 2.45) is 0 Å². The minimum atomic E-state index is -1.04. The molecule has 0 bridgehead atoms. The summed E-state index contributed by atoms with van der Waals surface area (Å²) in [5.74, 6) is -0.191. The molecular weight excluding hydrogens is 408 g/mol. The first-order chi connectivity index (χ1) is 15.7. The third-order valence-corrected chi connectivity index (χ3v) is 6.40. The van der Waals surface area contributed by atoms with E-state index < -0.39 is 5.97 Å². The maximum absolute atomic E-state index is 12.2. The summed E-state index contributed by atoms with van der Waals surface area (Å²) in [6, 6.07) is 10.3. The van der Waals surface area contributed by atoms with Crippen molar-refractivity contribution in [2.45, 2.75) is 31.8 Å². The van der Waals surface area contributed by atoms with E-state index in [9.17, 15) is 9.90 Å². The number of carboxylic acid groups (broad SMARTS) is 1. The van der Waals surface area contributed by atoms with Crippen LogP contribution in [-0.4, -0.2) is 49.1 Å². The maximum Gasteiger partial charge on any atom is 0.356 e. The van der Waals surface area contributed by atoms with Crippen molar-refractivity contribution in [1.29, 1.82) is 0 Å². The summed E-state index contributed by atoms with van der Waals surface area (Å²) >= 11 is 0. The van der Waals surface area contributed by atoms with Crippen LogP contribution in [0.15, 0.2) is 42.7 Å². The highest BCUT2D eigenvalue weighted by Gasteiger charge is 2.31. The minimum absolute atomic E-state index is 0.0445. The van der Waals surface area contributed by atoms with Gasteiger partial charge in [-0.2, -0.15) is 10.2 Å². The molecule has 1 fully saturated rings. The summed E-state index contributed by atoms with van der Waals surface area (Å²) in [6.45, 7) is 2.74. The Balaban J connectivity index is 1.56. The first-order valence-corrected chi connectivity index (χ1v) is 10.7. The Morgan fingerprint density at radius 1 is 1.16 bits per heavy atom. The van der Waals surface area contributed by atoms with Crippen LogP contribution < -0.4 is 4.90 Å². The highest BCUT2D eigenvalue weighted by atomic mass is 16.5. The highest BCUT2D eigenvalue weighted by Crippen LogP contribution is 2.36. The van der Waals surface area contributed by atoms with Gasteiger partial charge in [-0.05, 0) is 29.9 Å². The zero-order chi connectivity index (χ0) is 21.7. The van der Waals surface area contributed by atoms with Gasteiger partial charge in [0.05, 0.1) is 11.9 Å². The lowest BCUT2D eigenvalue weighted by Crippen LogP contribution is -2.18. The molecular formula is C23H22N6O3. The van der Waals surface area contributed by atoms with Crippen molar-refractivity contribution in [3.05, 3.63) is 65.1 Å². The predicted molar refractivity (Wildman–Crippen MR) is 117 cm³/mol. The Morgan fingerprint density at radius 3 is 2.56 bits per heavy atom. The lowest BCUT2D eigenvalue weighted by molar-refractivity contribution is 0.0679. The van der Waals surface area contributed by atoms with Gasteiger partial charge in [0.2, 0.25) is 0 Å². The number of hydrogen-bond acceptors (Lipinski definition) is 6. The maximum atomic E-state index is 12.2. The second-order valence-corrected chi connectivity index (χ2v) is 8.30. The van der Waals surface area contributed by atoms with E-state index in [4.69, 9.17) is 9.72 Å². The molecule has 3 aromatic heterocycles. The van der Waals surface area contributed by atoms with Gasteiger partial charge in [0.25, 0.3) is 0 Å². The van der Waals surface area contributed by atoms with Crippen LogP contribution in [0.1, 0.15) is 45.9 Å². The van der Waals surface area contributed by atoms with Crippen molar-refractivity contribution in [1.82, 2.24) is 24.8 Å². The van der Waals surface area contributed by atoms with Gasteiger partial charge in [-0.25, -0.2) is 14.3 Å². The quantitative estimate of drug-likeness (QED) is 0.512. The van der Waals surface area contributed by atoms with Gasteiger partial charge in [-0.15, -0.1) is 0 Å². The SMILES string of the molecule is O=C(O)c1nn2c(-c3cn[nH]c3)cc(N3Cc4ccccc4C3)nc2c1C1CCOCC1. The lowest BCUT2D eigenvalue weighted by Gasteiger charge is -2.22. The van der Waals surface area contributed by atoms with E-state index in [1.807, 2.05) is 6.07 Å². The van der Waals surface area contributed by atoms with Gasteiger partial charge >= 0.3 is 5.97 Å². The Labute approximate surface area is 183 Å². The Morgan fingerprint density at radius 2 is 1.91 bits per heavy atom. The molecule has 1 saturated heterocycles. The minimum Gasteiger partial charge on any atom is -0.476 e. The standard InChI is InChI=1S/C23H22N6O3/c30-23(31)21-20(14-5-7-32-8-6-14)22-26-19(28-12-15-3-1-2-4-16(15)13-28)9-18(29(22)27-21)17-10-24-25-11-17/h1-4,9-11,14H,5-8,12-13H2,(H,24,25)(H,30,31). The number of nitrogens with zero attached hydrogens (tertiary/aromatic N) is 5. The second kappa shape index (κ2) is 7.45. The monoisotopic (exact) mass is 430 g/mol. The highest BCUT2D eigenvalue weighted by molar-refractivity contribution is 5.90. The number of anilines is 1. The summed E-state index contributed by atoms with van der Waals surface area (Å²) in [6.07, 6.45) is 5.01. The third-order valence-electron chi connectivity index (χ3n) is 6.40. The van der Waals surface area contributed by atoms with Gasteiger partial charge in [0, 0.05) is 49.7 Å². The van der Waals surface area contributed by atoms with E-state index in [0.717, 1.165) is 43.0 Å². The molecule has 2 aliphatic rings. The number of benzene rings is 1. The molecule has 0 radical (unpaired) electrons. The molecule has 32 heavy (non-hydrogen) atoms. The molecule has 0 saturated carbocycles. The number of rotatable bonds is 4. The summed E-state index contributed by atoms with van der Waals surface area (Å²) in [5, 5.41) is 21.4. The number of H-pyrrole nitrogens is 1. The first-order valence-electron chi connectivity index (χ1n) is 10.7. The number of ether oxygens (including phenoxy) is 1. The van der Waals surface area contributed by atoms with Crippen molar-refractivity contribution in [3.8, 4) is 11.3 Å². The molecule has 2 N–H and O–H groups in total. The van der Waals surface area contributed by atoms with Crippen LogP contribution >= 0.6 is 0 Å². The van der Waals surface area contributed by atoms with Gasteiger partial charge < -0.3 is 14.7 Å². The van der Waals surface area contributed by atoms with Crippen molar-refractivity contribution < 1.29 is 14.6 Å². The van der Waals surface area contributed by atoms with Crippen molar-refractivity contribution in [2.75, 3.05) is 18.1 Å². The van der Waals surface area contributed by atoms with Crippen LogP contribution in [0.4, 0.5) is 5.82 Å². The fraction of sp³-hybridized carbons (Fsp3) is 0.304. The van der Waals surface area contributed by atoms with Crippen molar-refractivity contribution >= 4 is 17.4 Å². The number of nitrogens with one attached hydrogen (secondary N) is 1. The number of aromatic nitrogens is 5. The molecule has 1 aromatic carbocycles. The third kappa shape index (κ3) is 3.04. The normalized spacial score (nSPS) is 16.6. The Kier molecular flexibility index (Phi) is 4.43. The molecule has 0 amide bonds. The van der Waals surface area contributed by atoms with Gasteiger partial charge in [-0.3, -0.25) is 5.10 Å². The second-order valence-electron chi connectivity index (χ2n) is 8.30.